The molecule has 7 heteroatoms. The summed E-state index contributed by atoms with van der Waals surface area (Å²) < 4.78 is 2.06. The summed E-state index contributed by atoms with van der Waals surface area (Å²) in [6.07, 6.45) is 5.04. The minimum Gasteiger partial charge on any atom is -0.357 e. The number of benzene rings is 1. The normalized spacial score (nSPS) is 16.8. The first-order chi connectivity index (χ1) is 13.8. The fraction of sp³-hybridized carbons (Fsp3) is 0.409. The Bertz CT molecular complexity index is 923. The largest absolute Gasteiger partial charge is 0.357 e. The molecule has 0 aliphatic carbocycles. The molecule has 1 fully saturated rings. The van der Waals surface area contributed by atoms with Gasteiger partial charge in [0.05, 0.1) is 0 Å². The van der Waals surface area contributed by atoms with Crippen LogP contribution < -0.4 is 5.32 Å². The highest BCUT2D eigenvalue weighted by Crippen LogP contribution is 2.26. The average molecular weight is 504 g/mol. The van der Waals surface area contributed by atoms with Crippen LogP contribution in [0.15, 0.2) is 59.7 Å². The van der Waals surface area contributed by atoms with Crippen LogP contribution >= 0.6 is 24.0 Å². The van der Waals surface area contributed by atoms with Crippen molar-refractivity contribution >= 4 is 35.6 Å². The maximum absolute atomic E-state index is 4.88. The van der Waals surface area contributed by atoms with E-state index in [1.807, 2.05) is 24.4 Å². The van der Waals surface area contributed by atoms with E-state index in [4.69, 9.17) is 4.99 Å². The highest BCUT2D eigenvalue weighted by Gasteiger charge is 2.25. The van der Waals surface area contributed by atoms with Crippen molar-refractivity contribution in [3.63, 3.8) is 0 Å². The molecule has 0 bridgehead atoms. The molecule has 3 aromatic rings. The van der Waals surface area contributed by atoms with E-state index in [-0.39, 0.29) is 24.0 Å². The van der Waals surface area contributed by atoms with Crippen molar-refractivity contribution in [1.82, 2.24) is 24.8 Å². The Morgan fingerprint density at radius 3 is 2.79 bits per heavy atom. The van der Waals surface area contributed by atoms with Crippen LogP contribution in [-0.2, 0) is 6.42 Å². The molecular weight excluding hydrogens is 475 g/mol. The Labute approximate surface area is 189 Å². The summed E-state index contributed by atoms with van der Waals surface area (Å²) in [5.74, 6) is 2.63. The maximum Gasteiger partial charge on any atom is 0.193 e. The molecule has 0 spiro atoms. The number of aromatic nitrogens is 3. The highest BCUT2D eigenvalue weighted by atomic mass is 127. The van der Waals surface area contributed by atoms with Gasteiger partial charge in [-0.2, -0.15) is 0 Å². The molecule has 1 saturated heterocycles. The number of hydrogen-bond acceptors (Lipinski definition) is 3. The van der Waals surface area contributed by atoms with Gasteiger partial charge in [0.15, 0.2) is 11.6 Å². The molecule has 1 aliphatic rings. The van der Waals surface area contributed by atoms with Gasteiger partial charge in [-0.15, -0.1) is 34.2 Å². The molecule has 0 saturated carbocycles. The van der Waals surface area contributed by atoms with Gasteiger partial charge in [-0.1, -0.05) is 36.4 Å². The molecule has 1 atom stereocenters. The number of guanidine groups is 1. The molecular formula is C22H29IN6. The minimum atomic E-state index is 0. The Hall–Kier alpha value is -2.16. The second kappa shape index (κ2) is 10.6. The van der Waals surface area contributed by atoms with Gasteiger partial charge in [-0.05, 0) is 37.5 Å². The Balaban J connectivity index is 0.00000240. The molecule has 4 rings (SSSR count). The third-order valence-corrected chi connectivity index (χ3v) is 5.30. The van der Waals surface area contributed by atoms with Crippen molar-refractivity contribution in [2.75, 3.05) is 26.2 Å². The summed E-state index contributed by atoms with van der Waals surface area (Å²) in [5.41, 5.74) is 2.33. The molecule has 2 aromatic heterocycles. The third kappa shape index (κ3) is 5.26. The van der Waals surface area contributed by atoms with E-state index in [0.29, 0.717) is 5.92 Å². The number of halogens is 1. The zero-order valence-corrected chi connectivity index (χ0v) is 19.2. The number of rotatable bonds is 6. The Morgan fingerprint density at radius 2 is 1.97 bits per heavy atom. The van der Waals surface area contributed by atoms with Crippen LogP contribution in [0.3, 0.4) is 0 Å². The molecule has 1 aromatic carbocycles. The van der Waals surface area contributed by atoms with Crippen molar-refractivity contribution in [2.45, 2.75) is 32.1 Å². The number of hydrogen-bond donors (Lipinski definition) is 1. The predicted molar refractivity (Wildman–Crippen MR) is 128 cm³/mol. The van der Waals surface area contributed by atoms with Gasteiger partial charge in [0.1, 0.15) is 5.82 Å². The first kappa shape index (κ1) is 21.5. The summed E-state index contributed by atoms with van der Waals surface area (Å²) in [5, 5.41) is 12.0. The lowest BCUT2D eigenvalue weighted by molar-refractivity contribution is 0.485. The zero-order chi connectivity index (χ0) is 19.2. The van der Waals surface area contributed by atoms with Crippen LogP contribution in [0.5, 0.6) is 0 Å². The Morgan fingerprint density at radius 1 is 1.14 bits per heavy atom. The number of nitrogens with zero attached hydrogens (tertiary/aromatic N) is 5. The number of aryl methyl sites for hydroxylation is 1. The van der Waals surface area contributed by atoms with E-state index in [0.717, 1.165) is 56.5 Å². The number of aliphatic imine (C=N–C) groups is 1. The second-order valence-electron chi connectivity index (χ2n) is 7.23. The smallest absolute Gasteiger partial charge is 0.193 e. The molecule has 0 amide bonds. The summed E-state index contributed by atoms with van der Waals surface area (Å²) in [4.78, 5) is 7.27. The van der Waals surface area contributed by atoms with E-state index in [9.17, 15) is 0 Å². The van der Waals surface area contributed by atoms with E-state index in [1.165, 1.54) is 12.0 Å². The predicted octanol–water partition coefficient (Wildman–Crippen LogP) is 3.73. The average Bonchev–Trinajstić information content (AvgIpc) is 3.39. The number of fused-ring (bicyclic) bond motifs is 1. The standard InChI is InChI=1S/C22H28N6.HI/c1-2-23-22(27-16-13-19(17-27)18-9-4-3-5-10-18)24-14-8-12-21-26-25-20-11-6-7-15-28(20)21;/h3-7,9-11,15,19H,2,8,12-14,16-17H2,1H3,(H,23,24);1H. The van der Waals surface area contributed by atoms with Crippen molar-refractivity contribution < 1.29 is 0 Å². The van der Waals surface area contributed by atoms with Crippen LogP contribution in [0.4, 0.5) is 0 Å². The van der Waals surface area contributed by atoms with Crippen LogP contribution in [0, 0.1) is 0 Å². The molecule has 1 unspecified atom stereocenters. The van der Waals surface area contributed by atoms with Crippen LogP contribution in [-0.4, -0.2) is 51.6 Å². The molecule has 3 heterocycles. The fourth-order valence-electron chi connectivity index (χ4n) is 3.86. The first-order valence-corrected chi connectivity index (χ1v) is 10.2. The monoisotopic (exact) mass is 504 g/mol. The van der Waals surface area contributed by atoms with E-state index in [1.54, 1.807) is 0 Å². The van der Waals surface area contributed by atoms with E-state index < -0.39 is 0 Å². The molecule has 1 aliphatic heterocycles. The molecule has 1 N–H and O–H groups in total. The summed E-state index contributed by atoms with van der Waals surface area (Å²) in [6.45, 7) is 5.89. The van der Waals surface area contributed by atoms with E-state index >= 15 is 0 Å². The second-order valence-corrected chi connectivity index (χ2v) is 7.23. The first-order valence-electron chi connectivity index (χ1n) is 10.2. The highest BCUT2D eigenvalue weighted by molar-refractivity contribution is 14.0. The minimum absolute atomic E-state index is 0. The van der Waals surface area contributed by atoms with Gasteiger partial charge >= 0.3 is 0 Å². The van der Waals surface area contributed by atoms with Gasteiger partial charge in [0.2, 0.25) is 0 Å². The number of pyridine rings is 1. The van der Waals surface area contributed by atoms with Gasteiger partial charge in [0.25, 0.3) is 0 Å². The number of likely N-dealkylation sites (tertiary alicyclic amines) is 1. The summed E-state index contributed by atoms with van der Waals surface area (Å²) >= 11 is 0. The molecule has 29 heavy (non-hydrogen) atoms. The van der Waals surface area contributed by atoms with Crippen LogP contribution in [0.25, 0.3) is 5.65 Å². The Kier molecular flexibility index (Phi) is 7.85. The van der Waals surface area contributed by atoms with Crippen molar-refractivity contribution in [3.05, 3.63) is 66.1 Å². The van der Waals surface area contributed by atoms with Crippen LogP contribution in [0.1, 0.15) is 37.1 Å². The number of nitrogens with one attached hydrogen (secondary N) is 1. The van der Waals surface area contributed by atoms with Gasteiger partial charge in [-0.25, -0.2) is 0 Å². The lowest BCUT2D eigenvalue weighted by Gasteiger charge is -2.21. The SMILES string of the molecule is CCNC(=NCCCc1nnc2ccccn12)N1CCC(c2ccccc2)C1.I. The van der Waals surface area contributed by atoms with Gasteiger partial charge in [-0.3, -0.25) is 9.39 Å². The van der Waals surface area contributed by atoms with Crippen LogP contribution in [0.2, 0.25) is 0 Å². The lowest BCUT2D eigenvalue weighted by Crippen LogP contribution is -2.40. The lowest BCUT2D eigenvalue weighted by atomic mass is 9.99. The fourth-order valence-corrected chi connectivity index (χ4v) is 3.86. The summed E-state index contributed by atoms with van der Waals surface area (Å²) in [7, 11) is 0. The quantitative estimate of drug-likeness (QED) is 0.241. The maximum atomic E-state index is 4.88. The van der Waals surface area contributed by atoms with Gasteiger partial charge < -0.3 is 10.2 Å². The third-order valence-electron chi connectivity index (χ3n) is 5.30. The van der Waals surface area contributed by atoms with E-state index in [2.05, 4.69) is 62.1 Å². The van der Waals surface area contributed by atoms with Gasteiger partial charge in [0, 0.05) is 44.7 Å². The van der Waals surface area contributed by atoms with Crippen molar-refractivity contribution in [3.8, 4) is 0 Å². The molecule has 154 valence electrons. The summed E-state index contributed by atoms with van der Waals surface area (Å²) in [6, 6.07) is 16.8. The van der Waals surface area contributed by atoms with Crippen molar-refractivity contribution in [1.29, 1.82) is 0 Å². The van der Waals surface area contributed by atoms with Crippen molar-refractivity contribution in [2.24, 2.45) is 4.99 Å². The topological polar surface area (TPSA) is 57.8 Å². The molecule has 6 nitrogen and oxygen atoms in total. The zero-order valence-electron chi connectivity index (χ0n) is 16.9. The molecule has 0 radical (unpaired) electrons.